The largest absolute Gasteiger partial charge is 0.496 e. The molecule has 1 aromatic rings. The lowest BCUT2D eigenvalue weighted by molar-refractivity contribution is 0.381. The third-order valence-electron chi connectivity index (χ3n) is 3.44. The van der Waals surface area contributed by atoms with Crippen LogP contribution in [0.4, 0.5) is 0 Å². The molecular weight excluding hydrogens is 320 g/mol. The van der Waals surface area contributed by atoms with Crippen LogP contribution in [0.2, 0.25) is 0 Å². The molecule has 0 saturated carbocycles. The second-order valence-electron chi connectivity index (χ2n) is 7.83. The van der Waals surface area contributed by atoms with E-state index in [0.717, 1.165) is 10.7 Å². The summed E-state index contributed by atoms with van der Waals surface area (Å²) in [7, 11) is 5.16. The molecule has 0 aliphatic carbocycles. The molecule has 0 aliphatic rings. The number of benzene rings is 1. The maximum atomic E-state index is 5.80. The van der Waals surface area contributed by atoms with Crippen molar-refractivity contribution in [3.05, 3.63) is 45.7 Å². The first kappa shape index (κ1) is 20.2. The van der Waals surface area contributed by atoms with Crippen LogP contribution in [0.1, 0.15) is 65.2 Å². The van der Waals surface area contributed by atoms with Crippen LogP contribution in [0.3, 0.4) is 0 Å². The number of rotatable bonds is 5. The Morgan fingerprint density at radius 1 is 1.04 bits per heavy atom. The summed E-state index contributed by atoms with van der Waals surface area (Å²) >= 11 is 0. The molecule has 0 radical (unpaired) electrons. The van der Waals surface area contributed by atoms with Gasteiger partial charge in [0.05, 0.1) is 7.11 Å². The van der Waals surface area contributed by atoms with Crippen molar-refractivity contribution in [2.75, 3.05) is 7.11 Å². The van der Waals surface area contributed by atoms with Crippen molar-refractivity contribution < 1.29 is 4.74 Å². The van der Waals surface area contributed by atoms with Gasteiger partial charge in [0.1, 0.15) is 5.75 Å². The van der Waals surface area contributed by atoms with E-state index in [0.29, 0.717) is 0 Å². The van der Waals surface area contributed by atoms with E-state index in [1.807, 2.05) is 6.92 Å². The minimum absolute atomic E-state index is 0.0365. The zero-order valence-corrected chi connectivity index (χ0v) is 17.4. The first-order valence-electron chi connectivity index (χ1n) is 7.85. The second-order valence-corrected chi connectivity index (χ2v) is 10.2. The lowest BCUT2D eigenvalue weighted by Gasteiger charge is -2.29. The Morgan fingerprint density at radius 2 is 1.52 bits per heavy atom. The van der Waals surface area contributed by atoms with Crippen LogP contribution in [0.5, 0.6) is 5.75 Å². The highest BCUT2D eigenvalue weighted by Crippen LogP contribution is 2.41. The highest BCUT2D eigenvalue weighted by atomic mass is 33.1. The summed E-state index contributed by atoms with van der Waals surface area (Å²) in [5.74, 6) is 1.02. The topological polar surface area (TPSA) is 9.23 Å². The van der Waals surface area contributed by atoms with E-state index in [4.69, 9.17) is 4.74 Å². The molecule has 0 amide bonds. The second kappa shape index (κ2) is 7.85. The van der Waals surface area contributed by atoms with Crippen molar-refractivity contribution in [2.45, 2.75) is 59.3 Å². The molecule has 0 saturated heterocycles. The van der Waals surface area contributed by atoms with Crippen molar-refractivity contribution in [1.29, 1.82) is 0 Å². The molecule has 1 rings (SSSR count). The third kappa shape index (κ3) is 5.96. The maximum absolute atomic E-state index is 5.80. The number of hydrogen-bond donors (Lipinski definition) is 0. The standard InChI is InChI=1S/C20H30OS2/c1-14(2)23-22-11-10-15-12-16(19(3,4)5)18(21-9)17(13-15)20(6,7)8/h10-13H,1H2,2-9H3/b11-10+. The molecule has 3 heteroatoms. The summed E-state index contributed by atoms with van der Waals surface area (Å²) < 4.78 is 5.80. The smallest absolute Gasteiger partial charge is 0.126 e. The lowest BCUT2D eigenvalue weighted by Crippen LogP contribution is -2.19. The van der Waals surface area contributed by atoms with Crippen molar-refractivity contribution in [3.8, 4) is 5.75 Å². The first-order valence-corrected chi connectivity index (χ1v) is 10.1. The maximum Gasteiger partial charge on any atom is 0.126 e. The third-order valence-corrected chi connectivity index (χ3v) is 5.54. The van der Waals surface area contributed by atoms with Gasteiger partial charge in [0.2, 0.25) is 0 Å². The Morgan fingerprint density at radius 3 is 1.87 bits per heavy atom. The Hall–Kier alpha value is -0.800. The summed E-state index contributed by atoms with van der Waals surface area (Å²) in [6, 6.07) is 4.49. The molecule has 0 bridgehead atoms. The monoisotopic (exact) mass is 350 g/mol. The molecule has 0 aromatic heterocycles. The van der Waals surface area contributed by atoms with Gasteiger partial charge in [-0.3, -0.25) is 0 Å². The van der Waals surface area contributed by atoms with E-state index in [1.54, 1.807) is 28.7 Å². The molecule has 1 nitrogen and oxygen atoms in total. The minimum Gasteiger partial charge on any atom is -0.496 e. The van der Waals surface area contributed by atoms with Gasteiger partial charge < -0.3 is 4.74 Å². The van der Waals surface area contributed by atoms with Gasteiger partial charge in [-0.05, 0) is 51.8 Å². The van der Waals surface area contributed by atoms with E-state index in [-0.39, 0.29) is 10.8 Å². The molecule has 0 spiro atoms. The highest BCUT2D eigenvalue weighted by molar-refractivity contribution is 8.79. The zero-order valence-electron chi connectivity index (χ0n) is 15.7. The van der Waals surface area contributed by atoms with E-state index >= 15 is 0 Å². The molecule has 1 aromatic carbocycles. The van der Waals surface area contributed by atoms with E-state index in [2.05, 4.69) is 71.7 Å². The fraction of sp³-hybridized carbons (Fsp3) is 0.500. The number of hydrogen-bond acceptors (Lipinski definition) is 3. The Balaban J connectivity index is 3.36. The average molecular weight is 351 g/mol. The lowest BCUT2D eigenvalue weighted by atomic mass is 9.78. The molecule has 23 heavy (non-hydrogen) atoms. The predicted molar refractivity (Wildman–Crippen MR) is 109 cm³/mol. The number of methoxy groups -OCH3 is 1. The van der Waals surface area contributed by atoms with Gasteiger partial charge in [0.15, 0.2) is 0 Å². The molecule has 0 atom stereocenters. The van der Waals surface area contributed by atoms with Gasteiger partial charge in [-0.1, -0.05) is 69.7 Å². The quantitative estimate of drug-likeness (QED) is 0.521. The SMILES string of the molecule is C=C(C)SS/C=C/c1cc(C(C)(C)C)c(OC)c(C(C)(C)C)c1. The molecular formula is C20H30OS2. The van der Waals surface area contributed by atoms with Gasteiger partial charge >= 0.3 is 0 Å². The average Bonchev–Trinajstić information content (AvgIpc) is 2.40. The van der Waals surface area contributed by atoms with Gasteiger partial charge in [0, 0.05) is 11.1 Å². The van der Waals surface area contributed by atoms with Gasteiger partial charge in [-0.15, -0.1) is 0 Å². The summed E-state index contributed by atoms with van der Waals surface area (Å²) in [5.41, 5.74) is 3.80. The van der Waals surface area contributed by atoms with Crippen LogP contribution >= 0.6 is 21.6 Å². The normalized spacial score (nSPS) is 12.7. The van der Waals surface area contributed by atoms with Crippen LogP contribution in [-0.4, -0.2) is 7.11 Å². The zero-order chi connectivity index (χ0) is 17.8. The van der Waals surface area contributed by atoms with Crippen molar-refractivity contribution in [3.63, 3.8) is 0 Å². The van der Waals surface area contributed by atoms with Crippen LogP contribution < -0.4 is 4.74 Å². The molecule has 0 N–H and O–H groups in total. The van der Waals surface area contributed by atoms with Crippen molar-refractivity contribution in [2.24, 2.45) is 0 Å². The predicted octanol–water partition coefficient (Wildman–Crippen LogP) is 7.18. The van der Waals surface area contributed by atoms with Gasteiger partial charge in [-0.2, -0.15) is 0 Å². The fourth-order valence-electron chi connectivity index (χ4n) is 2.30. The van der Waals surface area contributed by atoms with Gasteiger partial charge in [0.25, 0.3) is 0 Å². The van der Waals surface area contributed by atoms with Crippen molar-refractivity contribution >= 4 is 27.7 Å². The first-order chi connectivity index (χ1) is 10.5. The van der Waals surface area contributed by atoms with E-state index in [9.17, 15) is 0 Å². The Labute approximate surface area is 150 Å². The molecule has 0 aliphatic heterocycles. The van der Waals surface area contributed by atoms with Crippen LogP contribution in [0.25, 0.3) is 6.08 Å². The van der Waals surface area contributed by atoms with Gasteiger partial charge in [-0.25, -0.2) is 0 Å². The highest BCUT2D eigenvalue weighted by Gasteiger charge is 2.27. The summed E-state index contributed by atoms with van der Waals surface area (Å²) in [4.78, 5) is 1.11. The summed E-state index contributed by atoms with van der Waals surface area (Å²) in [6.45, 7) is 19.3. The van der Waals surface area contributed by atoms with Crippen LogP contribution in [0, 0.1) is 0 Å². The minimum atomic E-state index is 0.0365. The van der Waals surface area contributed by atoms with Crippen LogP contribution in [0.15, 0.2) is 29.0 Å². The Bertz CT molecular complexity index is 552. The van der Waals surface area contributed by atoms with Crippen LogP contribution in [-0.2, 0) is 10.8 Å². The van der Waals surface area contributed by atoms with E-state index in [1.165, 1.54) is 16.7 Å². The number of ether oxygens (including phenoxy) is 1. The molecule has 0 fully saturated rings. The number of allylic oxidation sites excluding steroid dienone is 1. The summed E-state index contributed by atoms with van der Waals surface area (Å²) in [6.07, 6.45) is 2.17. The molecule has 128 valence electrons. The fourth-order valence-corrected chi connectivity index (χ4v) is 3.56. The molecule has 0 heterocycles. The summed E-state index contributed by atoms with van der Waals surface area (Å²) in [5, 5.41) is 2.13. The Kier molecular flexibility index (Phi) is 6.91. The molecule has 0 unspecified atom stereocenters. The van der Waals surface area contributed by atoms with E-state index < -0.39 is 0 Å². The van der Waals surface area contributed by atoms with Crippen molar-refractivity contribution in [1.82, 2.24) is 0 Å².